The van der Waals surface area contributed by atoms with Crippen molar-refractivity contribution in [1.82, 2.24) is 25.7 Å². The van der Waals surface area contributed by atoms with Crippen molar-refractivity contribution in [2.24, 2.45) is 4.99 Å². The maximum absolute atomic E-state index is 5.60. The Balaban J connectivity index is 1.66. The van der Waals surface area contributed by atoms with Crippen LogP contribution >= 0.6 is 0 Å². The molecule has 1 unspecified atom stereocenters. The lowest BCUT2D eigenvalue weighted by molar-refractivity contribution is 0.239. The van der Waals surface area contributed by atoms with Gasteiger partial charge in [0.2, 0.25) is 5.89 Å². The zero-order chi connectivity index (χ0) is 19.1. The van der Waals surface area contributed by atoms with Gasteiger partial charge in [-0.3, -0.25) is 9.89 Å². The number of hydrogen-bond acceptors (Lipinski definition) is 6. The lowest BCUT2D eigenvalue weighted by atomic mass is 10.0. The summed E-state index contributed by atoms with van der Waals surface area (Å²) in [4.78, 5) is 11.0. The number of ether oxygens (including phenoxy) is 1. The Labute approximate surface area is 160 Å². The molecule has 0 aliphatic carbocycles. The zero-order valence-electron chi connectivity index (χ0n) is 16.2. The number of guanidine groups is 1. The molecule has 0 bridgehead atoms. The van der Waals surface area contributed by atoms with Crippen molar-refractivity contribution >= 4 is 5.96 Å². The summed E-state index contributed by atoms with van der Waals surface area (Å²) in [5.41, 5.74) is 1.19. The van der Waals surface area contributed by atoms with Crippen molar-refractivity contribution < 1.29 is 9.26 Å². The number of aryl methyl sites for hydroxylation is 1. The predicted octanol–water partition coefficient (Wildman–Crippen LogP) is 1.89. The van der Waals surface area contributed by atoms with E-state index in [1.807, 2.05) is 12.1 Å². The summed E-state index contributed by atoms with van der Waals surface area (Å²) in [5, 5.41) is 10.6. The van der Waals surface area contributed by atoms with Gasteiger partial charge in [0, 0.05) is 26.1 Å². The van der Waals surface area contributed by atoms with Crippen LogP contribution in [-0.4, -0.2) is 54.8 Å². The van der Waals surface area contributed by atoms with Crippen molar-refractivity contribution in [3.63, 3.8) is 0 Å². The van der Waals surface area contributed by atoms with Crippen LogP contribution in [-0.2, 0) is 6.54 Å². The molecule has 0 saturated carbocycles. The van der Waals surface area contributed by atoms with Gasteiger partial charge in [-0.2, -0.15) is 4.98 Å². The van der Waals surface area contributed by atoms with Crippen LogP contribution in [0.25, 0.3) is 0 Å². The molecule has 1 aromatic carbocycles. The van der Waals surface area contributed by atoms with Gasteiger partial charge in [-0.15, -0.1) is 0 Å². The molecule has 0 spiro atoms. The fraction of sp³-hybridized carbons (Fsp3) is 0.526. The van der Waals surface area contributed by atoms with E-state index in [1.54, 1.807) is 21.1 Å². The van der Waals surface area contributed by atoms with Crippen LogP contribution in [0.1, 0.15) is 36.2 Å². The number of methoxy groups -OCH3 is 1. The second-order valence-electron chi connectivity index (χ2n) is 6.54. The van der Waals surface area contributed by atoms with Gasteiger partial charge in [0.05, 0.1) is 19.7 Å². The minimum Gasteiger partial charge on any atom is -0.496 e. The van der Waals surface area contributed by atoms with E-state index in [0.717, 1.165) is 25.4 Å². The molecule has 2 aromatic rings. The molecule has 1 aromatic heterocycles. The SMILES string of the molecule is CN=C(NCc1noc(C)n1)NCC(c1ccccc1OC)N1CCCC1. The normalized spacial score (nSPS) is 16.3. The van der Waals surface area contributed by atoms with E-state index in [0.29, 0.717) is 24.2 Å². The van der Waals surface area contributed by atoms with E-state index in [9.17, 15) is 0 Å². The van der Waals surface area contributed by atoms with Gasteiger partial charge in [0.15, 0.2) is 11.8 Å². The van der Waals surface area contributed by atoms with Crippen LogP contribution in [0.5, 0.6) is 5.75 Å². The molecule has 0 radical (unpaired) electrons. The van der Waals surface area contributed by atoms with E-state index in [1.165, 1.54) is 18.4 Å². The summed E-state index contributed by atoms with van der Waals surface area (Å²) in [6.45, 7) is 5.15. The molecule has 1 fully saturated rings. The average molecular weight is 372 g/mol. The summed E-state index contributed by atoms with van der Waals surface area (Å²) in [5.74, 6) is 2.79. The first-order valence-corrected chi connectivity index (χ1v) is 9.32. The third kappa shape index (κ3) is 4.97. The Morgan fingerprint density at radius 2 is 2.07 bits per heavy atom. The molecule has 2 heterocycles. The van der Waals surface area contributed by atoms with Crippen LogP contribution in [0.4, 0.5) is 0 Å². The highest BCUT2D eigenvalue weighted by atomic mass is 16.5. The van der Waals surface area contributed by atoms with Crippen LogP contribution < -0.4 is 15.4 Å². The van der Waals surface area contributed by atoms with Crippen molar-refractivity contribution in [3.8, 4) is 5.75 Å². The number of benzene rings is 1. The largest absolute Gasteiger partial charge is 0.496 e. The van der Waals surface area contributed by atoms with Gasteiger partial charge >= 0.3 is 0 Å². The Hall–Kier alpha value is -2.61. The Morgan fingerprint density at radius 1 is 1.30 bits per heavy atom. The van der Waals surface area contributed by atoms with Gasteiger partial charge < -0.3 is 19.9 Å². The van der Waals surface area contributed by atoms with Gasteiger partial charge in [0.25, 0.3) is 0 Å². The van der Waals surface area contributed by atoms with E-state index >= 15 is 0 Å². The highest BCUT2D eigenvalue weighted by Crippen LogP contribution is 2.31. The second-order valence-corrected chi connectivity index (χ2v) is 6.54. The molecule has 1 aliphatic rings. The van der Waals surface area contributed by atoms with Crippen molar-refractivity contribution in [1.29, 1.82) is 0 Å². The van der Waals surface area contributed by atoms with Gasteiger partial charge in [0.1, 0.15) is 5.75 Å². The summed E-state index contributed by atoms with van der Waals surface area (Å²) in [6, 6.07) is 8.44. The monoisotopic (exact) mass is 372 g/mol. The van der Waals surface area contributed by atoms with Gasteiger partial charge in [-0.25, -0.2) is 0 Å². The number of rotatable bonds is 7. The molecular formula is C19H28N6O2. The maximum atomic E-state index is 5.60. The first-order chi connectivity index (χ1) is 13.2. The van der Waals surface area contributed by atoms with Crippen LogP contribution in [0, 0.1) is 6.92 Å². The molecule has 8 nitrogen and oxygen atoms in total. The van der Waals surface area contributed by atoms with Crippen molar-refractivity contribution in [2.45, 2.75) is 32.4 Å². The first kappa shape index (κ1) is 19.2. The molecule has 146 valence electrons. The molecule has 3 rings (SSSR count). The van der Waals surface area contributed by atoms with Crippen LogP contribution in [0.2, 0.25) is 0 Å². The number of nitrogens with one attached hydrogen (secondary N) is 2. The Morgan fingerprint density at radius 3 is 2.74 bits per heavy atom. The maximum Gasteiger partial charge on any atom is 0.223 e. The zero-order valence-corrected chi connectivity index (χ0v) is 16.2. The van der Waals surface area contributed by atoms with Gasteiger partial charge in [-0.05, 0) is 32.0 Å². The number of aromatic nitrogens is 2. The van der Waals surface area contributed by atoms with E-state index < -0.39 is 0 Å². The summed E-state index contributed by atoms with van der Waals surface area (Å²) in [6.07, 6.45) is 2.46. The predicted molar refractivity (Wildman–Crippen MR) is 104 cm³/mol. The molecular weight excluding hydrogens is 344 g/mol. The third-order valence-electron chi connectivity index (χ3n) is 4.75. The van der Waals surface area contributed by atoms with Crippen LogP contribution in [0.3, 0.4) is 0 Å². The van der Waals surface area contributed by atoms with E-state index in [-0.39, 0.29) is 6.04 Å². The van der Waals surface area contributed by atoms with Gasteiger partial charge in [-0.1, -0.05) is 23.4 Å². The Bertz CT molecular complexity index is 754. The Kier molecular flexibility index (Phi) is 6.64. The number of nitrogens with zero attached hydrogens (tertiary/aromatic N) is 4. The molecule has 27 heavy (non-hydrogen) atoms. The molecule has 2 N–H and O–H groups in total. The lowest BCUT2D eigenvalue weighted by Crippen LogP contribution is -2.42. The highest BCUT2D eigenvalue weighted by Gasteiger charge is 2.26. The number of hydrogen-bond donors (Lipinski definition) is 2. The van der Waals surface area contributed by atoms with Crippen molar-refractivity contribution in [3.05, 3.63) is 41.5 Å². The minimum absolute atomic E-state index is 0.217. The smallest absolute Gasteiger partial charge is 0.223 e. The fourth-order valence-electron chi connectivity index (χ4n) is 3.42. The summed E-state index contributed by atoms with van der Waals surface area (Å²) in [7, 11) is 3.48. The minimum atomic E-state index is 0.217. The average Bonchev–Trinajstić information content (AvgIpc) is 3.36. The first-order valence-electron chi connectivity index (χ1n) is 9.32. The summed E-state index contributed by atoms with van der Waals surface area (Å²) < 4.78 is 10.6. The topological polar surface area (TPSA) is 87.8 Å². The molecule has 1 aliphatic heterocycles. The number of para-hydroxylation sites is 1. The molecule has 0 amide bonds. The third-order valence-corrected chi connectivity index (χ3v) is 4.75. The summed E-state index contributed by atoms with van der Waals surface area (Å²) >= 11 is 0. The van der Waals surface area contributed by atoms with Crippen LogP contribution in [0.15, 0.2) is 33.8 Å². The lowest BCUT2D eigenvalue weighted by Gasteiger charge is -2.29. The van der Waals surface area contributed by atoms with E-state index in [4.69, 9.17) is 9.26 Å². The van der Waals surface area contributed by atoms with E-state index in [2.05, 4.69) is 42.8 Å². The molecule has 1 saturated heterocycles. The fourth-order valence-corrected chi connectivity index (χ4v) is 3.42. The quantitative estimate of drug-likeness (QED) is 0.567. The van der Waals surface area contributed by atoms with Crippen molar-refractivity contribution in [2.75, 3.05) is 33.8 Å². The number of aliphatic imine (C=N–C) groups is 1. The molecule has 1 atom stereocenters. The number of likely N-dealkylation sites (tertiary alicyclic amines) is 1. The standard InChI is InChI=1S/C19H28N6O2/c1-14-23-18(24-27-14)13-22-19(20-2)21-12-16(25-10-6-7-11-25)15-8-4-5-9-17(15)26-3/h4-5,8-9,16H,6-7,10-13H2,1-3H3,(H2,20,21,22). The molecule has 8 heteroatoms. The highest BCUT2D eigenvalue weighted by molar-refractivity contribution is 5.79. The second kappa shape index (κ2) is 9.36.